The average molecular weight is 376 g/mol. The number of hydrogen-bond acceptors (Lipinski definition) is 6. The van der Waals surface area contributed by atoms with Crippen molar-refractivity contribution >= 4 is 28.8 Å². The maximum Gasteiger partial charge on any atom is 0.225 e. The molecule has 0 saturated carbocycles. The van der Waals surface area contributed by atoms with Crippen LogP contribution in [-0.4, -0.2) is 38.4 Å². The summed E-state index contributed by atoms with van der Waals surface area (Å²) in [5.74, 6) is 1.65. The fraction of sp³-hybridized carbons (Fsp3) is 0.200. The summed E-state index contributed by atoms with van der Waals surface area (Å²) in [4.78, 5) is 15.7. The Morgan fingerprint density at radius 2 is 2.14 bits per heavy atom. The van der Waals surface area contributed by atoms with Gasteiger partial charge >= 0.3 is 0 Å². The zero-order valence-electron chi connectivity index (χ0n) is 15.9. The zero-order valence-corrected chi connectivity index (χ0v) is 15.9. The van der Waals surface area contributed by atoms with Gasteiger partial charge in [0.15, 0.2) is 12.1 Å². The van der Waals surface area contributed by atoms with Gasteiger partial charge in [-0.2, -0.15) is 10.1 Å². The summed E-state index contributed by atoms with van der Waals surface area (Å²) in [7, 11) is 3.36. The van der Waals surface area contributed by atoms with Crippen LogP contribution in [0.4, 0.5) is 11.6 Å². The van der Waals surface area contributed by atoms with Gasteiger partial charge in [0, 0.05) is 23.7 Å². The van der Waals surface area contributed by atoms with E-state index in [2.05, 4.69) is 32.5 Å². The van der Waals surface area contributed by atoms with Gasteiger partial charge in [0.25, 0.3) is 0 Å². The Morgan fingerprint density at radius 1 is 1.29 bits per heavy atom. The molecule has 0 amide bonds. The fourth-order valence-electron chi connectivity index (χ4n) is 3.26. The number of aldehydes is 1. The van der Waals surface area contributed by atoms with E-state index in [9.17, 15) is 4.79 Å². The lowest BCUT2D eigenvalue weighted by Gasteiger charge is -2.10. The van der Waals surface area contributed by atoms with Gasteiger partial charge in [-0.3, -0.25) is 9.89 Å². The van der Waals surface area contributed by atoms with Crippen LogP contribution >= 0.6 is 0 Å². The molecule has 4 aromatic rings. The number of H-pyrrole nitrogens is 1. The Balaban J connectivity index is 1.70. The summed E-state index contributed by atoms with van der Waals surface area (Å²) in [6.45, 7) is 2.11. The predicted molar refractivity (Wildman–Crippen MR) is 107 cm³/mol. The lowest BCUT2D eigenvalue weighted by atomic mass is 10.1. The predicted octanol–water partition coefficient (Wildman–Crippen LogP) is 3.49. The maximum atomic E-state index is 11.1. The van der Waals surface area contributed by atoms with Crippen molar-refractivity contribution in [2.24, 2.45) is 7.05 Å². The lowest BCUT2D eigenvalue weighted by Crippen LogP contribution is -2.02. The molecular formula is C20H20N6O2. The molecule has 142 valence electrons. The second-order valence-corrected chi connectivity index (χ2v) is 6.36. The number of fused-ring (bicyclic) bond motifs is 1. The molecule has 0 aliphatic heterocycles. The Bertz CT molecular complexity index is 1160. The first-order valence-electron chi connectivity index (χ1n) is 8.91. The molecule has 0 aliphatic carbocycles. The van der Waals surface area contributed by atoms with Crippen molar-refractivity contribution in [3.05, 3.63) is 47.7 Å². The number of hydrogen-bond donors (Lipinski definition) is 2. The summed E-state index contributed by atoms with van der Waals surface area (Å²) >= 11 is 0. The van der Waals surface area contributed by atoms with Gasteiger partial charge in [-0.25, -0.2) is 4.68 Å². The standard InChI is InChI=1S/C20H20N6O2/c1-4-14-15-10-21-24-17(15)8-7-16(14)22-20-23-19(25-26(20)2)12-5-6-13(11-27)18(9-12)28-3/h5-11H,4H2,1-3H3,(H,21,24)(H,22,23,25). The molecule has 0 unspecified atom stereocenters. The number of carbonyl (C=O) groups is 1. The van der Waals surface area contributed by atoms with Crippen molar-refractivity contribution in [2.45, 2.75) is 13.3 Å². The highest BCUT2D eigenvalue weighted by Crippen LogP contribution is 2.29. The van der Waals surface area contributed by atoms with Crippen molar-refractivity contribution in [3.63, 3.8) is 0 Å². The van der Waals surface area contributed by atoms with E-state index in [-0.39, 0.29) is 0 Å². The van der Waals surface area contributed by atoms with Crippen LogP contribution in [-0.2, 0) is 13.5 Å². The van der Waals surface area contributed by atoms with Gasteiger partial charge in [0.1, 0.15) is 5.75 Å². The van der Waals surface area contributed by atoms with Gasteiger partial charge in [-0.1, -0.05) is 13.0 Å². The molecule has 2 aromatic heterocycles. The Hall–Kier alpha value is -3.68. The van der Waals surface area contributed by atoms with Crippen LogP contribution in [0.2, 0.25) is 0 Å². The van der Waals surface area contributed by atoms with E-state index in [0.29, 0.717) is 23.1 Å². The first-order valence-corrected chi connectivity index (χ1v) is 8.91. The van der Waals surface area contributed by atoms with Crippen molar-refractivity contribution in [3.8, 4) is 17.1 Å². The number of benzene rings is 2. The summed E-state index contributed by atoms with van der Waals surface area (Å²) < 4.78 is 6.97. The molecule has 4 rings (SSSR count). The second-order valence-electron chi connectivity index (χ2n) is 6.36. The van der Waals surface area contributed by atoms with Gasteiger partial charge in [0.2, 0.25) is 5.95 Å². The van der Waals surface area contributed by atoms with E-state index in [1.807, 2.05) is 25.4 Å². The molecule has 0 bridgehead atoms. The van der Waals surface area contributed by atoms with E-state index in [0.717, 1.165) is 40.4 Å². The van der Waals surface area contributed by atoms with Crippen LogP contribution in [0.25, 0.3) is 22.3 Å². The number of carbonyl (C=O) groups excluding carboxylic acids is 1. The summed E-state index contributed by atoms with van der Waals surface area (Å²) in [5, 5.41) is 16.1. The molecular weight excluding hydrogens is 356 g/mol. The SMILES string of the molecule is CCc1c(Nc2nc(-c3ccc(C=O)c(OC)c3)nn2C)ccc2[nH]ncc12. The smallest absolute Gasteiger partial charge is 0.225 e. The molecule has 2 heterocycles. The summed E-state index contributed by atoms with van der Waals surface area (Å²) in [5.41, 5.74) is 4.39. The van der Waals surface area contributed by atoms with Crippen molar-refractivity contribution < 1.29 is 9.53 Å². The summed E-state index contributed by atoms with van der Waals surface area (Å²) in [6.07, 6.45) is 3.45. The number of nitrogens with zero attached hydrogens (tertiary/aromatic N) is 4. The van der Waals surface area contributed by atoms with Crippen molar-refractivity contribution in [1.29, 1.82) is 0 Å². The third-order valence-corrected chi connectivity index (χ3v) is 4.72. The van der Waals surface area contributed by atoms with E-state index in [1.54, 1.807) is 22.9 Å². The van der Waals surface area contributed by atoms with Gasteiger partial charge in [0.05, 0.1) is 24.4 Å². The number of nitrogens with one attached hydrogen (secondary N) is 2. The highest BCUT2D eigenvalue weighted by molar-refractivity contribution is 5.88. The number of aromatic nitrogens is 5. The number of aromatic amines is 1. The number of methoxy groups -OCH3 is 1. The average Bonchev–Trinajstić information content (AvgIpc) is 3.34. The molecule has 0 radical (unpaired) electrons. The van der Waals surface area contributed by atoms with Crippen molar-refractivity contribution in [2.75, 3.05) is 12.4 Å². The fourth-order valence-corrected chi connectivity index (χ4v) is 3.26. The Morgan fingerprint density at radius 3 is 2.89 bits per heavy atom. The largest absolute Gasteiger partial charge is 0.496 e. The molecule has 0 spiro atoms. The second kappa shape index (κ2) is 7.15. The third kappa shape index (κ3) is 2.98. The van der Waals surface area contributed by atoms with Crippen LogP contribution in [0.5, 0.6) is 5.75 Å². The van der Waals surface area contributed by atoms with Crippen LogP contribution in [0, 0.1) is 0 Å². The minimum absolute atomic E-state index is 0.488. The van der Waals surface area contributed by atoms with E-state index in [1.165, 1.54) is 7.11 Å². The minimum atomic E-state index is 0.488. The lowest BCUT2D eigenvalue weighted by molar-refractivity contribution is 0.112. The molecule has 8 nitrogen and oxygen atoms in total. The van der Waals surface area contributed by atoms with E-state index in [4.69, 9.17) is 4.74 Å². The number of anilines is 2. The number of aryl methyl sites for hydroxylation is 2. The molecule has 0 atom stereocenters. The maximum absolute atomic E-state index is 11.1. The van der Waals surface area contributed by atoms with Crippen LogP contribution < -0.4 is 10.1 Å². The zero-order chi connectivity index (χ0) is 19.7. The minimum Gasteiger partial charge on any atom is -0.496 e. The summed E-state index contributed by atoms with van der Waals surface area (Å²) in [6, 6.07) is 9.27. The molecule has 8 heteroatoms. The first-order chi connectivity index (χ1) is 13.6. The molecule has 28 heavy (non-hydrogen) atoms. The van der Waals surface area contributed by atoms with E-state index >= 15 is 0 Å². The highest BCUT2D eigenvalue weighted by Gasteiger charge is 2.14. The number of ether oxygens (including phenoxy) is 1. The molecule has 2 N–H and O–H groups in total. The molecule has 0 saturated heterocycles. The monoisotopic (exact) mass is 376 g/mol. The normalized spacial score (nSPS) is 11.0. The van der Waals surface area contributed by atoms with Crippen LogP contribution in [0.1, 0.15) is 22.8 Å². The Labute approximate surface area is 161 Å². The molecule has 2 aromatic carbocycles. The highest BCUT2D eigenvalue weighted by atomic mass is 16.5. The van der Waals surface area contributed by atoms with Crippen LogP contribution in [0.15, 0.2) is 36.5 Å². The first kappa shape index (κ1) is 17.7. The van der Waals surface area contributed by atoms with Gasteiger partial charge < -0.3 is 10.1 Å². The quantitative estimate of drug-likeness (QED) is 0.500. The van der Waals surface area contributed by atoms with Gasteiger partial charge in [-0.15, -0.1) is 5.10 Å². The van der Waals surface area contributed by atoms with Crippen LogP contribution in [0.3, 0.4) is 0 Å². The third-order valence-electron chi connectivity index (χ3n) is 4.72. The molecule has 0 aliphatic rings. The Kier molecular flexibility index (Phi) is 4.52. The number of rotatable bonds is 6. The van der Waals surface area contributed by atoms with Crippen molar-refractivity contribution in [1.82, 2.24) is 25.0 Å². The van der Waals surface area contributed by atoms with E-state index < -0.39 is 0 Å². The molecule has 0 fully saturated rings. The van der Waals surface area contributed by atoms with Gasteiger partial charge in [-0.05, 0) is 36.2 Å². The topological polar surface area (TPSA) is 97.7 Å².